The van der Waals surface area contributed by atoms with Crippen molar-refractivity contribution in [3.63, 3.8) is 0 Å². The van der Waals surface area contributed by atoms with Crippen LogP contribution in [0.3, 0.4) is 0 Å². The van der Waals surface area contributed by atoms with E-state index >= 15 is 0 Å². The number of nitrogens with zero attached hydrogens (tertiary/aromatic N) is 1. The fourth-order valence-corrected chi connectivity index (χ4v) is 10.9. The molecule has 1 saturated heterocycles. The highest BCUT2D eigenvalue weighted by atomic mass is 28.3. The number of H-pyrrole nitrogens is 1. The number of aromatic amines is 1. The highest BCUT2D eigenvalue weighted by Gasteiger charge is 2.41. The summed E-state index contributed by atoms with van der Waals surface area (Å²) in [6.07, 6.45) is 4.70. The summed E-state index contributed by atoms with van der Waals surface area (Å²) in [4.78, 5) is 31.6. The van der Waals surface area contributed by atoms with Crippen molar-refractivity contribution >= 4 is 35.5 Å². The van der Waals surface area contributed by atoms with E-state index in [2.05, 4.69) is 68.3 Å². The average molecular weight is 490 g/mol. The van der Waals surface area contributed by atoms with Crippen molar-refractivity contribution in [2.75, 3.05) is 6.61 Å². The molecule has 1 atom stereocenters. The zero-order valence-electron chi connectivity index (χ0n) is 21.5. The second kappa shape index (κ2) is 9.86. The normalized spacial score (nSPS) is 16.3. The van der Waals surface area contributed by atoms with Crippen LogP contribution in [-0.4, -0.2) is 36.6 Å². The predicted molar refractivity (Wildman–Crippen MR) is 144 cm³/mol. The first-order chi connectivity index (χ1) is 16.6. The van der Waals surface area contributed by atoms with Gasteiger partial charge in [0.2, 0.25) is 11.8 Å². The van der Waals surface area contributed by atoms with Gasteiger partial charge in [-0.1, -0.05) is 47.5 Å². The Labute approximate surface area is 207 Å². The summed E-state index contributed by atoms with van der Waals surface area (Å²) in [5.41, 5.74) is 6.00. The number of aromatic nitrogens is 2. The Morgan fingerprint density at radius 3 is 2.40 bits per heavy atom. The summed E-state index contributed by atoms with van der Waals surface area (Å²) in [6.45, 7) is 14.1. The second-order valence-corrected chi connectivity index (χ2v) is 16.1. The van der Waals surface area contributed by atoms with E-state index in [4.69, 9.17) is 4.74 Å². The van der Waals surface area contributed by atoms with Crippen LogP contribution in [0.25, 0.3) is 21.5 Å². The molecule has 0 saturated carbocycles. The molecule has 0 radical (unpaired) electrons. The average Bonchev–Trinajstić information content (AvgIpc) is 3.22. The van der Waals surface area contributed by atoms with Gasteiger partial charge in [-0.2, -0.15) is 0 Å². The number of fused-ring (bicyclic) bond motifs is 2. The van der Waals surface area contributed by atoms with Crippen molar-refractivity contribution < 1.29 is 9.53 Å². The molecule has 0 aliphatic carbocycles. The van der Waals surface area contributed by atoms with Crippen molar-refractivity contribution in [3.8, 4) is 17.3 Å². The van der Waals surface area contributed by atoms with Crippen molar-refractivity contribution in [3.05, 3.63) is 46.5 Å². The van der Waals surface area contributed by atoms with E-state index < -0.39 is 8.07 Å². The quantitative estimate of drug-likeness (QED) is 0.279. The Kier molecular flexibility index (Phi) is 7.04. The van der Waals surface area contributed by atoms with Crippen LogP contribution in [0.5, 0.6) is 5.88 Å². The molecule has 1 fully saturated rings. The van der Waals surface area contributed by atoms with Gasteiger partial charge in [-0.15, -0.1) is 5.54 Å². The molecule has 35 heavy (non-hydrogen) atoms. The van der Waals surface area contributed by atoms with Crippen LogP contribution in [0.4, 0.5) is 0 Å². The minimum Gasteiger partial charge on any atom is -0.475 e. The fraction of sp³-hybridized carbons (Fsp3) is 0.464. The molecule has 2 N–H and O–H groups in total. The molecule has 1 aromatic carbocycles. The molecule has 6 nitrogen and oxygen atoms in total. The molecule has 3 heterocycles. The fourth-order valence-electron chi connectivity index (χ4n) is 5.71. The van der Waals surface area contributed by atoms with Crippen molar-refractivity contribution in [1.29, 1.82) is 0 Å². The number of carbonyl (C=O) groups is 1. The molecule has 184 valence electrons. The smallest absolute Gasteiger partial charge is 0.255 e. The van der Waals surface area contributed by atoms with E-state index in [1.807, 2.05) is 18.2 Å². The Bertz CT molecular complexity index is 1360. The van der Waals surface area contributed by atoms with Crippen LogP contribution in [0.2, 0.25) is 16.6 Å². The monoisotopic (exact) mass is 489 g/mol. The zero-order valence-corrected chi connectivity index (χ0v) is 22.5. The maximum atomic E-state index is 12.7. The minimum absolute atomic E-state index is 0.00883. The molecule has 2 aromatic heterocycles. The third kappa shape index (κ3) is 4.72. The lowest BCUT2D eigenvalue weighted by Gasteiger charge is -2.38. The number of hydrogen-bond donors (Lipinski definition) is 2. The molecule has 1 amide bonds. The number of hydrogen-bond acceptors (Lipinski definition) is 4. The Morgan fingerprint density at radius 2 is 1.77 bits per heavy atom. The van der Waals surface area contributed by atoms with Crippen LogP contribution in [-0.2, 0) is 4.79 Å². The lowest BCUT2D eigenvalue weighted by atomic mass is 10.0. The number of benzene rings is 1. The van der Waals surface area contributed by atoms with Gasteiger partial charge in [0.25, 0.3) is 5.56 Å². The van der Waals surface area contributed by atoms with Gasteiger partial charge in [0.15, 0.2) is 0 Å². The Balaban J connectivity index is 1.82. The van der Waals surface area contributed by atoms with E-state index in [1.165, 1.54) is 0 Å². The maximum absolute atomic E-state index is 12.7. The molecule has 0 spiro atoms. The number of carbonyl (C=O) groups excluding carboxylic acids is 1. The standard InChI is InChI=1S/C28H35N3O3Si/c1-17(2)35(18(3)4,19(5)6)12-10-21-15-30-27(33)25-13-20-9-11-29-28(24(20)14-23(21)25)34-16-22-7-8-26(32)31-22/h9,11,13-15,17-19,22H,7-8,16H2,1-6H3,(H,30,33)(H,31,32)/t22-/m0/s1. The van der Waals surface area contributed by atoms with Crippen LogP contribution in [0.1, 0.15) is 59.9 Å². The van der Waals surface area contributed by atoms with Crippen LogP contribution in [0, 0.1) is 11.5 Å². The summed E-state index contributed by atoms with van der Waals surface area (Å²) in [5, 5.41) is 6.05. The van der Waals surface area contributed by atoms with Crippen molar-refractivity contribution in [2.24, 2.45) is 0 Å². The molecule has 1 aliphatic rings. The Morgan fingerprint density at radius 1 is 1.06 bits per heavy atom. The molecular formula is C28H35N3O3Si. The van der Waals surface area contributed by atoms with E-state index in [9.17, 15) is 9.59 Å². The van der Waals surface area contributed by atoms with Crippen LogP contribution < -0.4 is 15.6 Å². The van der Waals surface area contributed by atoms with Gasteiger partial charge in [-0.3, -0.25) is 9.59 Å². The molecule has 1 aliphatic heterocycles. The number of nitrogens with one attached hydrogen (secondary N) is 2. The molecular weight excluding hydrogens is 454 g/mol. The highest BCUT2D eigenvalue weighted by Crippen LogP contribution is 2.41. The van der Waals surface area contributed by atoms with Gasteiger partial charge in [0.05, 0.1) is 6.04 Å². The lowest BCUT2D eigenvalue weighted by molar-refractivity contribution is -0.119. The molecule has 0 bridgehead atoms. The highest BCUT2D eigenvalue weighted by molar-refractivity contribution is 6.90. The first kappa shape index (κ1) is 25.0. The van der Waals surface area contributed by atoms with E-state index in [0.29, 0.717) is 40.9 Å². The minimum atomic E-state index is -1.93. The van der Waals surface area contributed by atoms with E-state index in [1.54, 1.807) is 12.4 Å². The maximum Gasteiger partial charge on any atom is 0.255 e. The van der Waals surface area contributed by atoms with Crippen molar-refractivity contribution in [2.45, 2.75) is 77.0 Å². The van der Waals surface area contributed by atoms with E-state index in [-0.39, 0.29) is 17.5 Å². The number of pyridine rings is 2. The predicted octanol–water partition coefficient (Wildman–Crippen LogP) is 5.30. The lowest BCUT2D eigenvalue weighted by Crippen LogP contribution is -2.43. The van der Waals surface area contributed by atoms with Gasteiger partial charge in [0.1, 0.15) is 14.7 Å². The summed E-state index contributed by atoms with van der Waals surface area (Å²) in [7, 11) is -1.93. The number of rotatable bonds is 6. The summed E-state index contributed by atoms with van der Waals surface area (Å²) >= 11 is 0. The first-order valence-electron chi connectivity index (χ1n) is 12.5. The molecule has 7 heteroatoms. The second-order valence-electron chi connectivity index (χ2n) is 10.5. The van der Waals surface area contributed by atoms with Gasteiger partial charge in [0, 0.05) is 40.5 Å². The van der Waals surface area contributed by atoms with Gasteiger partial charge in [-0.25, -0.2) is 4.98 Å². The van der Waals surface area contributed by atoms with Gasteiger partial charge < -0.3 is 15.0 Å². The number of ether oxygens (including phenoxy) is 1. The summed E-state index contributed by atoms with van der Waals surface area (Å²) < 4.78 is 6.04. The largest absolute Gasteiger partial charge is 0.475 e. The van der Waals surface area contributed by atoms with Gasteiger partial charge >= 0.3 is 0 Å². The number of amides is 1. The van der Waals surface area contributed by atoms with Crippen LogP contribution >= 0.6 is 0 Å². The molecule has 4 rings (SSSR count). The van der Waals surface area contributed by atoms with E-state index in [0.717, 1.165) is 28.1 Å². The zero-order chi connectivity index (χ0) is 25.3. The molecule has 3 aromatic rings. The Hall–Kier alpha value is -3.11. The first-order valence-corrected chi connectivity index (χ1v) is 14.8. The van der Waals surface area contributed by atoms with Crippen molar-refractivity contribution in [1.82, 2.24) is 15.3 Å². The topological polar surface area (TPSA) is 84.1 Å². The SMILES string of the molecule is CC(C)[Si](C#Cc1c[nH]c(=O)c2cc3ccnc(OC[C@@H]4CCC(=O)N4)c3cc12)(C(C)C)C(C)C. The summed E-state index contributed by atoms with van der Waals surface area (Å²) in [6, 6.07) is 5.73. The van der Waals surface area contributed by atoms with Gasteiger partial charge in [-0.05, 0) is 46.6 Å². The third-order valence-electron chi connectivity index (χ3n) is 7.53. The van der Waals surface area contributed by atoms with Crippen LogP contribution in [0.15, 0.2) is 35.4 Å². The summed E-state index contributed by atoms with van der Waals surface area (Å²) in [5.74, 6) is 4.06. The third-order valence-corrected chi connectivity index (χ3v) is 13.8. The molecule has 0 unspecified atom stereocenters.